The molecule has 0 amide bonds. The van der Waals surface area contributed by atoms with E-state index in [1.54, 1.807) is 0 Å². The fraction of sp³-hybridized carbons (Fsp3) is 0.0256. The van der Waals surface area contributed by atoms with Crippen molar-refractivity contribution in [1.29, 1.82) is 0 Å². The lowest BCUT2D eigenvalue weighted by atomic mass is 9.42. The Hall–Kier alpha value is -5.35. The number of pyridine rings is 1. The molecule has 6 heteroatoms. The zero-order valence-electron chi connectivity index (χ0n) is 25.7. The Morgan fingerprint density at radius 2 is 1.04 bits per heavy atom. The SMILES string of the molecule is BC(B)(B)c1nc2ccccc2n1-c1ccc(-c2c3ccccc3c(-c3cccc(-c4ccncc4)c3)c3ccccc23)cc1. The number of hydrogen-bond acceptors (Lipinski definition) is 2. The first-order valence-corrected chi connectivity index (χ1v) is 15.5. The van der Waals surface area contributed by atoms with Gasteiger partial charge in [-0.1, -0.05) is 96.1 Å². The highest BCUT2D eigenvalue weighted by Gasteiger charge is 2.24. The van der Waals surface area contributed by atoms with E-state index in [1.807, 2.05) is 12.4 Å². The summed E-state index contributed by atoms with van der Waals surface area (Å²) in [4.78, 5) is 9.26. The molecule has 0 radical (unpaired) electrons. The fourth-order valence-electron chi connectivity index (χ4n) is 6.72. The summed E-state index contributed by atoms with van der Waals surface area (Å²) in [5.41, 5.74) is 10.5. The Morgan fingerprint density at radius 1 is 0.489 bits per heavy atom. The lowest BCUT2D eigenvalue weighted by molar-refractivity contribution is 0.929. The average molecular weight is 573 g/mol. The van der Waals surface area contributed by atoms with E-state index in [1.165, 1.54) is 49.4 Å². The second-order valence-corrected chi connectivity index (χ2v) is 12.7. The maximum Gasteiger partial charge on any atom is 0.0994 e. The summed E-state index contributed by atoms with van der Waals surface area (Å²) in [7, 11) is 6.68. The van der Waals surface area contributed by atoms with Gasteiger partial charge in [0.2, 0.25) is 0 Å². The second-order valence-electron chi connectivity index (χ2n) is 12.7. The normalized spacial score (nSPS) is 11.8. The predicted octanol–water partition coefficient (Wildman–Crippen LogP) is 6.74. The van der Waals surface area contributed by atoms with Crippen LogP contribution in [0.15, 0.2) is 146 Å². The predicted molar refractivity (Wildman–Crippen MR) is 197 cm³/mol. The Balaban J connectivity index is 1.33. The summed E-state index contributed by atoms with van der Waals surface area (Å²) in [6.07, 6.45) is 3.71. The Kier molecular flexibility index (Phi) is 6.46. The molecule has 0 aliphatic rings. The van der Waals surface area contributed by atoms with Crippen molar-refractivity contribution in [1.82, 2.24) is 14.5 Å². The van der Waals surface area contributed by atoms with Gasteiger partial charge in [-0.2, -0.15) is 0 Å². The molecule has 8 rings (SSSR count). The van der Waals surface area contributed by atoms with Crippen LogP contribution in [0, 0.1) is 0 Å². The molecule has 210 valence electrons. The molecular weight excluding hydrogens is 543 g/mol. The lowest BCUT2D eigenvalue weighted by Crippen LogP contribution is -2.31. The standard InChI is InChI=1S/C39H30B3N3/c40-39(41,42)38-44-34-14-5-6-15-35(34)45(38)29-18-16-26(17-19-29)36-30-10-1-3-12-32(30)37(33-13-4-2-11-31(33)36)28-9-7-8-27(24-28)25-20-22-43-23-21-25/h1-24H,40-42H2. The molecular formula is C39H30B3N3. The van der Waals surface area contributed by atoms with Crippen LogP contribution in [0.4, 0.5) is 0 Å². The number of benzene rings is 6. The zero-order chi connectivity index (χ0) is 30.5. The molecule has 2 heterocycles. The van der Waals surface area contributed by atoms with Crippen molar-refractivity contribution in [2.24, 2.45) is 0 Å². The molecule has 0 fully saturated rings. The van der Waals surface area contributed by atoms with Crippen LogP contribution in [0.1, 0.15) is 5.82 Å². The minimum atomic E-state index is -0.103. The van der Waals surface area contributed by atoms with E-state index in [0.29, 0.717) is 0 Å². The molecule has 2 aromatic heterocycles. The van der Waals surface area contributed by atoms with Crippen LogP contribution in [-0.2, 0) is 5.11 Å². The summed E-state index contributed by atoms with van der Waals surface area (Å²) < 4.78 is 2.31. The number of hydrogen-bond donors (Lipinski definition) is 0. The molecule has 0 atom stereocenters. The van der Waals surface area contributed by atoms with Gasteiger partial charge in [0.05, 0.1) is 40.4 Å². The molecule has 3 nitrogen and oxygen atoms in total. The van der Waals surface area contributed by atoms with E-state index in [0.717, 1.165) is 28.1 Å². The van der Waals surface area contributed by atoms with Gasteiger partial charge < -0.3 is 0 Å². The van der Waals surface area contributed by atoms with Crippen LogP contribution in [0.2, 0.25) is 0 Å². The maximum absolute atomic E-state index is 5.05. The molecule has 8 aromatic rings. The molecule has 0 aliphatic carbocycles. The van der Waals surface area contributed by atoms with Gasteiger partial charge in [0.15, 0.2) is 0 Å². The van der Waals surface area contributed by atoms with Crippen LogP contribution < -0.4 is 0 Å². The summed E-state index contributed by atoms with van der Waals surface area (Å²) in [5.74, 6) is 1.06. The largest absolute Gasteiger partial charge is 0.298 e. The smallest absolute Gasteiger partial charge is 0.0994 e. The highest BCUT2D eigenvalue weighted by atomic mass is 15.1. The second kappa shape index (κ2) is 10.7. The molecule has 0 bridgehead atoms. The summed E-state index contributed by atoms with van der Waals surface area (Å²) in [6, 6.07) is 48.1. The van der Waals surface area contributed by atoms with Gasteiger partial charge in [-0.15, -0.1) is 0 Å². The van der Waals surface area contributed by atoms with E-state index >= 15 is 0 Å². The Morgan fingerprint density at radius 3 is 1.67 bits per heavy atom. The van der Waals surface area contributed by atoms with Crippen LogP contribution in [0.3, 0.4) is 0 Å². The topological polar surface area (TPSA) is 30.7 Å². The summed E-state index contributed by atoms with van der Waals surface area (Å²) >= 11 is 0. The van der Waals surface area contributed by atoms with Crippen LogP contribution in [-0.4, -0.2) is 38.1 Å². The van der Waals surface area contributed by atoms with Crippen molar-refractivity contribution in [2.45, 2.75) is 5.11 Å². The van der Waals surface area contributed by atoms with Crippen molar-refractivity contribution < 1.29 is 0 Å². The van der Waals surface area contributed by atoms with Gasteiger partial charge in [-0.3, -0.25) is 9.55 Å². The monoisotopic (exact) mass is 573 g/mol. The first-order chi connectivity index (χ1) is 22.0. The van der Waals surface area contributed by atoms with Gasteiger partial charge in [-0.25, -0.2) is 4.98 Å². The number of aromatic nitrogens is 3. The number of para-hydroxylation sites is 2. The molecule has 0 unspecified atom stereocenters. The van der Waals surface area contributed by atoms with Crippen molar-refractivity contribution in [2.75, 3.05) is 0 Å². The maximum atomic E-state index is 5.05. The molecule has 45 heavy (non-hydrogen) atoms. The van der Waals surface area contributed by atoms with E-state index in [4.69, 9.17) is 4.98 Å². The van der Waals surface area contributed by atoms with Crippen LogP contribution >= 0.6 is 0 Å². The zero-order valence-corrected chi connectivity index (χ0v) is 25.7. The van der Waals surface area contributed by atoms with Gasteiger partial charge in [0.1, 0.15) is 0 Å². The fourth-order valence-corrected chi connectivity index (χ4v) is 6.72. The van der Waals surface area contributed by atoms with Crippen molar-refractivity contribution in [3.63, 3.8) is 0 Å². The Labute approximate surface area is 265 Å². The third kappa shape index (κ3) is 4.65. The first kappa shape index (κ1) is 27.2. The van der Waals surface area contributed by atoms with E-state index in [2.05, 4.69) is 167 Å². The number of fused-ring (bicyclic) bond motifs is 3. The molecule has 0 saturated heterocycles. The first-order valence-electron chi connectivity index (χ1n) is 15.5. The highest BCUT2D eigenvalue weighted by molar-refractivity contribution is 6.58. The Bertz CT molecular complexity index is 2300. The van der Waals surface area contributed by atoms with Crippen molar-refractivity contribution in [3.05, 3.63) is 152 Å². The molecule has 0 saturated carbocycles. The molecule has 0 N–H and O–H groups in total. The third-order valence-corrected chi connectivity index (χ3v) is 8.74. The number of rotatable bonds is 5. The quantitative estimate of drug-likeness (QED) is 0.169. The van der Waals surface area contributed by atoms with Crippen molar-refractivity contribution in [3.8, 4) is 39.1 Å². The highest BCUT2D eigenvalue weighted by Crippen LogP contribution is 2.44. The van der Waals surface area contributed by atoms with Crippen LogP contribution in [0.25, 0.3) is 71.6 Å². The summed E-state index contributed by atoms with van der Waals surface area (Å²) in [5, 5.41) is 4.89. The third-order valence-electron chi connectivity index (χ3n) is 8.74. The van der Waals surface area contributed by atoms with E-state index < -0.39 is 0 Å². The average Bonchev–Trinajstić information content (AvgIpc) is 3.48. The molecule has 6 aromatic carbocycles. The molecule has 0 aliphatic heterocycles. The van der Waals surface area contributed by atoms with Gasteiger partial charge >= 0.3 is 0 Å². The minimum absolute atomic E-state index is 0.103. The van der Waals surface area contributed by atoms with Crippen molar-refractivity contribution >= 4 is 56.1 Å². The number of nitrogens with zero attached hydrogens (tertiary/aromatic N) is 3. The van der Waals surface area contributed by atoms with E-state index in [9.17, 15) is 0 Å². The van der Waals surface area contributed by atoms with Gasteiger partial charge in [0, 0.05) is 18.1 Å². The number of imidazole rings is 1. The van der Waals surface area contributed by atoms with Gasteiger partial charge in [-0.05, 0) is 97.4 Å². The minimum Gasteiger partial charge on any atom is -0.298 e. The van der Waals surface area contributed by atoms with Crippen LogP contribution in [0.5, 0.6) is 0 Å². The van der Waals surface area contributed by atoms with E-state index in [-0.39, 0.29) is 5.11 Å². The summed E-state index contributed by atoms with van der Waals surface area (Å²) in [6.45, 7) is 0. The molecule has 0 spiro atoms. The van der Waals surface area contributed by atoms with Gasteiger partial charge in [0.25, 0.3) is 0 Å². The lowest BCUT2D eigenvalue weighted by Gasteiger charge is -2.21.